The van der Waals surface area contributed by atoms with Gasteiger partial charge in [-0.3, -0.25) is 4.79 Å². The van der Waals surface area contributed by atoms with Gasteiger partial charge < -0.3 is 10.4 Å². The van der Waals surface area contributed by atoms with Gasteiger partial charge in [-0.1, -0.05) is 25.4 Å². The molecule has 0 aliphatic carbocycles. The molecule has 5 heteroatoms. The molecule has 0 aromatic heterocycles. The number of hydrogen-bond donors (Lipinski definition) is 2. The quantitative estimate of drug-likeness (QED) is 0.896. The molecule has 0 aliphatic heterocycles. The van der Waals surface area contributed by atoms with Crippen molar-refractivity contribution in [1.29, 1.82) is 0 Å². The number of carbonyl (C=O) groups is 1. The van der Waals surface area contributed by atoms with Gasteiger partial charge in [0.1, 0.15) is 0 Å². The van der Waals surface area contributed by atoms with E-state index in [4.69, 9.17) is 16.7 Å². The van der Waals surface area contributed by atoms with Gasteiger partial charge in [0.25, 0.3) is 5.91 Å². The normalized spacial score (nSPS) is 12.6. The highest BCUT2D eigenvalue weighted by Gasteiger charge is 2.16. The largest absolute Gasteiger partial charge is 0.394 e. The van der Waals surface area contributed by atoms with E-state index in [-0.39, 0.29) is 24.5 Å². The number of carbonyl (C=O) groups excluding carboxylic acids is 1. The van der Waals surface area contributed by atoms with Crippen molar-refractivity contribution in [3.63, 3.8) is 0 Å². The first kappa shape index (κ1) is 14.5. The van der Waals surface area contributed by atoms with Crippen molar-refractivity contribution in [2.45, 2.75) is 19.9 Å². The third-order valence-electron chi connectivity index (χ3n) is 2.50. The highest BCUT2D eigenvalue weighted by molar-refractivity contribution is 9.10. The molecule has 1 aromatic rings. The van der Waals surface area contributed by atoms with Crippen LogP contribution < -0.4 is 5.32 Å². The molecule has 0 radical (unpaired) electrons. The van der Waals surface area contributed by atoms with Crippen LogP contribution in [0.3, 0.4) is 0 Å². The molecule has 0 spiro atoms. The Hall–Kier alpha value is -0.580. The summed E-state index contributed by atoms with van der Waals surface area (Å²) in [6.07, 6.45) is 0. The van der Waals surface area contributed by atoms with E-state index >= 15 is 0 Å². The van der Waals surface area contributed by atoms with Crippen molar-refractivity contribution >= 4 is 33.4 Å². The Morgan fingerprint density at radius 1 is 1.53 bits per heavy atom. The van der Waals surface area contributed by atoms with E-state index in [0.717, 1.165) is 4.47 Å². The number of hydrogen-bond acceptors (Lipinski definition) is 2. The van der Waals surface area contributed by atoms with Crippen molar-refractivity contribution < 1.29 is 9.90 Å². The fourth-order valence-electron chi connectivity index (χ4n) is 1.31. The minimum absolute atomic E-state index is 0.0757. The molecule has 3 nitrogen and oxygen atoms in total. The van der Waals surface area contributed by atoms with Crippen molar-refractivity contribution in [2.24, 2.45) is 5.92 Å². The number of aliphatic hydroxyl groups is 1. The highest BCUT2D eigenvalue weighted by Crippen LogP contribution is 2.23. The van der Waals surface area contributed by atoms with Gasteiger partial charge in [0, 0.05) is 10.0 Å². The lowest BCUT2D eigenvalue weighted by molar-refractivity contribution is 0.0897. The molecule has 0 saturated heterocycles. The summed E-state index contributed by atoms with van der Waals surface area (Å²) < 4.78 is 0.748. The van der Waals surface area contributed by atoms with Crippen LogP contribution in [0.15, 0.2) is 22.7 Å². The van der Waals surface area contributed by atoms with E-state index in [1.54, 1.807) is 18.2 Å². The number of nitrogens with one attached hydrogen (secondary N) is 1. The van der Waals surface area contributed by atoms with Gasteiger partial charge in [-0.15, -0.1) is 0 Å². The van der Waals surface area contributed by atoms with Crippen LogP contribution in [0.4, 0.5) is 0 Å². The van der Waals surface area contributed by atoms with Crippen LogP contribution in [-0.2, 0) is 0 Å². The van der Waals surface area contributed by atoms with Gasteiger partial charge >= 0.3 is 0 Å². The Bertz CT molecular complexity index is 409. The van der Waals surface area contributed by atoms with Crippen LogP contribution in [0.25, 0.3) is 0 Å². The maximum Gasteiger partial charge on any atom is 0.251 e. The van der Waals surface area contributed by atoms with Crippen LogP contribution in [0, 0.1) is 5.92 Å². The lowest BCUT2D eigenvalue weighted by Crippen LogP contribution is -2.41. The second-order valence-corrected chi connectivity index (χ2v) is 5.40. The van der Waals surface area contributed by atoms with Crippen molar-refractivity contribution in [2.75, 3.05) is 6.61 Å². The average Bonchev–Trinajstić information content (AvgIpc) is 2.28. The van der Waals surface area contributed by atoms with Crippen LogP contribution in [0.2, 0.25) is 5.02 Å². The molecule has 1 aromatic carbocycles. The smallest absolute Gasteiger partial charge is 0.251 e. The van der Waals surface area contributed by atoms with Gasteiger partial charge in [-0.2, -0.15) is 0 Å². The van der Waals surface area contributed by atoms with Crippen molar-refractivity contribution in [3.05, 3.63) is 33.3 Å². The molecule has 94 valence electrons. The Kier molecular flexibility index (Phi) is 5.43. The fraction of sp³-hybridized carbons (Fsp3) is 0.417. The summed E-state index contributed by atoms with van der Waals surface area (Å²) in [4.78, 5) is 11.9. The molecule has 17 heavy (non-hydrogen) atoms. The topological polar surface area (TPSA) is 49.3 Å². The van der Waals surface area contributed by atoms with Crippen LogP contribution >= 0.6 is 27.5 Å². The summed E-state index contributed by atoms with van der Waals surface area (Å²) >= 11 is 9.18. The third kappa shape index (κ3) is 3.98. The molecular formula is C12H15BrClNO2. The standard InChI is InChI=1S/C12H15BrClNO2/c1-7(2)11(6-16)15-12(17)8-3-4-9(13)10(14)5-8/h3-5,7,11,16H,6H2,1-2H3,(H,15,17). The Morgan fingerprint density at radius 3 is 2.65 bits per heavy atom. The number of benzene rings is 1. The average molecular weight is 321 g/mol. The summed E-state index contributed by atoms with van der Waals surface area (Å²) in [5.41, 5.74) is 0.484. The summed E-state index contributed by atoms with van der Waals surface area (Å²) in [5.74, 6) is -0.0537. The summed E-state index contributed by atoms with van der Waals surface area (Å²) in [5, 5.41) is 12.4. The van der Waals surface area contributed by atoms with Gasteiger partial charge in [0.15, 0.2) is 0 Å². The van der Waals surface area contributed by atoms with Crippen LogP contribution in [0.5, 0.6) is 0 Å². The van der Waals surface area contributed by atoms with Gasteiger partial charge in [-0.05, 0) is 40.0 Å². The first-order valence-corrected chi connectivity index (χ1v) is 6.49. The lowest BCUT2D eigenvalue weighted by atomic mass is 10.0. The number of halogens is 2. The molecule has 0 saturated carbocycles. The SMILES string of the molecule is CC(C)C(CO)NC(=O)c1ccc(Br)c(Cl)c1. The minimum Gasteiger partial charge on any atom is -0.394 e. The lowest BCUT2D eigenvalue weighted by Gasteiger charge is -2.19. The van der Waals surface area contributed by atoms with E-state index in [9.17, 15) is 4.79 Å². The zero-order chi connectivity index (χ0) is 13.0. The number of aliphatic hydroxyl groups excluding tert-OH is 1. The van der Waals surface area contributed by atoms with Crippen molar-refractivity contribution in [1.82, 2.24) is 5.32 Å². The Morgan fingerprint density at radius 2 is 2.18 bits per heavy atom. The zero-order valence-corrected chi connectivity index (χ0v) is 12.0. The van der Waals surface area contributed by atoms with E-state index in [1.165, 1.54) is 0 Å². The third-order valence-corrected chi connectivity index (χ3v) is 3.73. The minimum atomic E-state index is -0.245. The fourth-order valence-corrected chi connectivity index (χ4v) is 1.74. The molecule has 0 heterocycles. The first-order chi connectivity index (χ1) is 7.95. The number of amides is 1. The molecular weight excluding hydrogens is 305 g/mol. The summed E-state index contributed by atoms with van der Waals surface area (Å²) in [7, 11) is 0. The van der Waals surface area contributed by atoms with Crippen molar-refractivity contribution in [3.8, 4) is 0 Å². The van der Waals surface area contributed by atoms with Gasteiger partial charge in [0.05, 0.1) is 17.7 Å². The van der Waals surface area contributed by atoms with Crippen LogP contribution in [-0.4, -0.2) is 23.7 Å². The molecule has 2 N–H and O–H groups in total. The van der Waals surface area contributed by atoms with E-state index in [0.29, 0.717) is 10.6 Å². The van der Waals surface area contributed by atoms with Crippen LogP contribution in [0.1, 0.15) is 24.2 Å². The highest BCUT2D eigenvalue weighted by atomic mass is 79.9. The second kappa shape index (κ2) is 6.38. The predicted octanol–water partition coefficient (Wildman–Crippen LogP) is 2.85. The molecule has 1 amide bonds. The molecule has 1 atom stereocenters. The number of rotatable bonds is 4. The summed E-state index contributed by atoms with van der Waals surface area (Å²) in [6, 6.07) is 4.75. The molecule has 0 fully saturated rings. The van der Waals surface area contributed by atoms with E-state index < -0.39 is 0 Å². The zero-order valence-electron chi connectivity index (χ0n) is 9.71. The molecule has 0 aliphatic rings. The summed E-state index contributed by atoms with van der Waals surface area (Å²) in [6.45, 7) is 3.80. The van der Waals surface area contributed by atoms with E-state index in [1.807, 2.05) is 13.8 Å². The second-order valence-electron chi connectivity index (χ2n) is 4.14. The maximum absolute atomic E-state index is 11.9. The molecule has 0 bridgehead atoms. The van der Waals surface area contributed by atoms with E-state index in [2.05, 4.69) is 21.2 Å². The Labute approximate surface area is 114 Å². The molecule has 1 rings (SSSR count). The molecule has 1 unspecified atom stereocenters. The Balaban J connectivity index is 2.79. The first-order valence-electron chi connectivity index (χ1n) is 5.32. The monoisotopic (exact) mass is 319 g/mol. The van der Waals surface area contributed by atoms with Gasteiger partial charge in [-0.25, -0.2) is 0 Å². The predicted molar refractivity (Wildman–Crippen MR) is 72.3 cm³/mol. The maximum atomic E-state index is 11.9. The van der Waals surface area contributed by atoms with Gasteiger partial charge in [0.2, 0.25) is 0 Å².